The van der Waals surface area contributed by atoms with E-state index in [0.717, 1.165) is 11.8 Å². The third kappa shape index (κ3) is 3.68. The van der Waals surface area contributed by atoms with Crippen LogP contribution in [0.15, 0.2) is 47.4 Å². The van der Waals surface area contributed by atoms with Crippen molar-refractivity contribution >= 4 is 23.5 Å². The monoisotopic (exact) mass is 363 g/mol. The van der Waals surface area contributed by atoms with E-state index in [-0.39, 0.29) is 12.4 Å². The van der Waals surface area contributed by atoms with Crippen LogP contribution >= 0.6 is 11.8 Å². The number of anilines is 1. The average molecular weight is 363 g/mol. The summed E-state index contributed by atoms with van der Waals surface area (Å²) in [6, 6.07) is 9.90. The summed E-state index contributed by atoms with van der Waals surface area (Å²) in [6.07, 6.45) is -0.937. The van der Waals surface area contributed by atoms with Crippen molar-refractivity contribution in [3.63, 3.8) is 0 Å². The molecular weight excluding hydrogens is 346 g/mol. The predicted molar refractivity (Wildman–Crippen MR) is 92.1 cm³/mol. The number of nitrogens with zero attached hydrogens (tertiary/aromatic N) is 2. The molecule has 0 bridgehead atoms. The Morgan fingerprint density at radius 2 is 1.96 bits per heavy atom. The van der Waals surface area contributed by atoms with Crippen LogP contribution in [0.4, 0.5) is 5.82 Å². The van der Waals surface area contributed by atoms with Gasteiger partial charge < -0.3 is 20.7 Å². The number of ether oxygens (including phenoxy) is 1. The van der Waals surface area contributed by atoms with E-state index >= 15 is 0 Å². The molecule has 9 heteroatoms. The van der Waals surface area contributed by atoms with E-state index in [9.17, 15) is 19.8 Å². The van der Waals surface area contributed by atoms with Crippen LogP contribution in [-0.4, -0.2) is 49.8 Å². The predicted octanol–water partition coefficient (Wildman–Crippen LogP) is 0.0183. The molecule has 25 heavy (non-hydrogen) atoms. The Kier molecular flexibility index (Phi) is 5.07. The summed E-state index contributed by atoms with van der Waals surface area (Å²) < 4.78 is 6.41. The van der Waals surface area contributed by atoms with Gasteiger partial charge in [-0.1, -0.05) is 18.2 Å². The molecule has 1 saturated heterocycles. The number of carbonyl (C=O) groups is 1. The molecule has 2 heterocycles. The van der Waals surface area contributed by atoms with E-state index in [2.05, 4.69) is 4.98 Å². The van der Waals surface area contributed by atoms with E-state index < -0.39 is 34.5 Å². The van der Waals surface area contributed by atoms with Crippen LogP contribution < -0.4 is 11.4 Å². The van der Waals surface area contributed by atoms with Crippen molar-refractivity contribution in [1.82, 2.24) is 9.55 Å². The van der Waals surface area contributed by atoms with Gasteiger partial charge >= 0.3 is 11.7 Å². The Morgan fingerprint density at radius 3 is 2.64 bits per heavy atom. The fourth-order valence-corrected chi connectivity index (χ4v) is 3.97. The van der Waals surface area contributed by atoms with E-state index in [1.165, 1.54) is 16.8 Å². The van der Waals surface area contributed by atoms with Crippen molar-refractivity contribution < 1.29 is 19.7 Å². The highest BCUT2D eigenvalue weighted by Gasteiger charge is 2.44. The molecule has 2 aromatic rings. The van der Waals surface area contributed by atoms with Crippen LogP contribution in [0.25, 0.3) is 0 Å². The van der Waals surface area contributed by atoms with Crippen LogP contribution in [0, 0.1) is 0 Å². The lowest BCUT2D eigenvalue weighted by Crippen LogP contribution is -2.36. The van der Waals surface area contributed by atoms with Gasteiger partial charge in [0.25, 0.3) is 0 Å². The van der Waals surface area contributed by atoms with Crippen molar-refractivity contribution in [2.75, 3.05) is 12.3 Å². The summed E-state index contributed by atoms with van der Waals surface area (Å²) in [6.45, 7) is -0.0930. The second kappa shape index (κ2) is 7.26. The molecule has 0 unspecified atom stereocenters. The number of carbonyl (C=O) groups excluding carboxylic acids is 1. The lowest BCUT2D eigenvalue weighted by molar-refractivity contribution is 0.00371. The smallest absolute Gasteiger partial charge is 0.350 e. The number of aliphatic hydroxyl groups excluding tert-OH is 2. The minimum absolute atomic E-state index is 0.0765. The number of aromatic nitrogens is 2. The first-order valence-corrected chi connectivity index (χ1v) is 8.50. The van der Waals surface area contributed by atoms with Crippen molar-refractivity contribution in [1.29, 1.82) is 0 Å². The van der Waals surface area contributed by atoms with Crippen molar-refractivity contribution in [2.45, 2.75) is 22.8 Å². The number of nitrogens with two attached hydrogens (primary N) is 1. The zero-order valence-electron chi connectivity index (χ0n) is 13.1. The van der Waals surface area contributed by atoms with E-state index in [1.807, 2.05) is 0 Å². The first-order valence-electron chi connectivity index (χ1n) is 7.56. The third-order valence-electron chi connectivity index (χ3n) is 3.85. The molecule has 4 N–H and O–H groups in total. The van der Waals surface area contributed by atoms with Crippen molar-refractivity contribution in [2.24, 2.45) is 0 Å². The molecule has 8 nitrogen and oxygen atoms in total. The highest BCUT2D eigenvalue weighted by Crippen LogP contribution is 2.41. The summed E-state index contributed by atoms with van der Waals surface area (Å²) in [7, 11) is 0. The van der Waals surface area contributed by atoms with E-state index in [4.69, 9.17) is 10.5 Å². The Bertz CT molecular complexity index is 813. The molecule has 1 aromatic carbocycles. The molecule has 132 valence electrons. The maximum Gasteiger partial charge on any atom is 0.350 e. The standard InChI is InChI=1S/C16H17N3O5S/c17-11-6-7-19(16(23)18-11)14-13(21)12(20)10(25-14)8-24-15(22)9-4-2-1-3-5-9/h1-7,10,12-14,20-21H,8H2,(H2,17,18,23)/t10-,12-,13-,14-/m1/s1. The van der Waals surface area contributed by atoms with Gasteiger partial charge in [0.05, 0.1) is 16.9 Å². The number of rotatable bonds is 4. The number of hydrogen-bond donors (Lipinski definition) is 3. The summed E-state index contributed by atoms with van der Waals surface area (Å²) >= 11 is 1.14. The summed E-state index contributed by atoms with van der Waals surface area (Å²) in [5.74, 6) is -0.440. The van der Waals surface area contributed by atoms with Crippen LogP contribution in [-0.2, 0) is 4.74 Å². The fraction of sp³-hybridized carbons (Fsp3) is 0.312. The van der Waals surface area contributed by atoms with Gasteiger partial charge in [-0.25, -0.2) is 9.59 Å². The van der Waals surface area contributed by atoms with Gasteiger partial charge in [0.1, 0.15) is 23.9 Å². The number of thioether (sulfide) groups is 1. The van der Waals surface area contributed by atoms with Crippen molar-refractivity contribution in [3.05, 3.63) is 58.6 Å². The topological polar surface area (TPSA) is 128 Å². The lowest BCUT2D eigenvalue weighted by atomic mass is 10.1. The normalized spacial score (nSPS) is 25.7. The van der Waals surface area contributed by atoms with Crippen LogP contribution in [0.5, 0.6) is 0 Å². The molecule has 0 radical (unpaired) electrons. The van der Waals surface area contributed by atoms with E-state index in [1.54, 1.807) is 30.3 Å². The van der Waals surface area contributed by atoms with Gasteiger partial charge in [0, 0.05) is 6.20 Å². The SMILES string of the molecule is Nc1ccn([C@@H]2S[C@H](COC(=O)c3ccccc3)[C@@H](O)[C@H]2O)c(=O)n1. The number of hydrogen-bond acceptors (Lipinski definition) is 8. The second-order valence-corrected chi connectivity index (χ2v) is 6.91. The number of benzene rings is 1. The molecule has 1 aliphatic heterocycles. The van der Waals surface area contributed by atoms with Gasteiger partial charge in [-0.2, -0.15) is 4.98 Å². The van der Waals surface area contributed by atoms with Gasteiger partial charge in [0.2, 0.25) is 0 Å². The molecule has 0 spiro atoms. The van der Waals surface area contributed by atoms with Gasteiger partial charge in [-0.3, -0.25) is 4.57 Å². The van der Waals surface area contributed by atoms with Crippen LogP contribution in [0.3, 0.4) is 0 Å². The molecule has 0 amide bonds. The lowest BCUT2D eigenvalue weighted by Gasteiger charge is -2.17. The highest BCUT2D eigenvalue weighted by molar-refractivity contribution is 8.00. The maximum absolute atomic E-state index is 12.0. The zero-order valence-corrected chi connectivity index (χ0v) is 13.9. The van der Waals surface area contributed by atoms with Crippen molar-refractivity contribution in [3.8, 4) is 0 Å². The summed E-state index contributed by atoms with van der Waals surface area (Å²) in [5, 5.41) is 19.1. The first-order chi connectivity index (χ1) is 12.0. The largest absolute Gasteiger partial charge is 0.461 e. The first kappa shape index (κ1) is 17.5. The third-order valence-corrected chi connectivity index (χ3v) is 5.40. The molecule has 1 fully saturated rings. The Labute approximate surface area is 147 Å². The number of aliphatic hydroxyl groups is 2. The van der Waals surface area contributed by atoms with Gasteiger partial charge in [-0.05, 0) is 18.2 Å². The maximum atomic E-state index is 12.0. The van der Waals surface area contributed by atoms with Crippen LogP contribution in [0.1, 0.15) is 15.7 Å². The molecule has 4 atom stereocenters. The summed E-state index contributed by atoms with van der Waals surface area (Å²) in [5.41, 5.74) is 5.23. The minimum atomic E-state index is -1.20. The minimum Gasteiger partial charge on any atom is -0.461 e. The quantitative estimate of drug-likeness (QED) is 0.649. The molecule has 1 aromatic heterocycles. The van der Waals surface area contributed by atoms with E-state index in [0.29, 0.717) is 5.56 Å². The molecule has 1 aliphatic rings. The highest BCUT2D eigenvalue weighted by atomic mass is 32.2. The average Bonchev–Trinajstić information content (AvgIpc) is 2.89. The zero-order chi connectivity index (χ0) is 18.0. The number of nitrogen functional groups attached to an aromatic ring is 1. The Morgan fingerprint density at radius 1 is 1.24 bits per heavy atom. The number of esters is 1. The fourth-order valence-electron chi connectivity index (χ4n) is 2.53. The molecule has 0 saturated carbocycles. The van der Waals surface area contributed by atoms with Gasteiger partial charge in [-0.15, -0.1) is 11.8 Å². The molecule has 0 aliphatic carbocycles. The Balaban J connectivity index is 1.68. The molecular formula is C16H17N3O5S. The van der Waals surface area contributed by atoms with Crippen LogP contribution in [0.2, 0.25) is 0 Å². The second-order valence-electron chi connectivity index (χ2n) is 5.55. The van der Waals surface area contributed by atoms with Gasteiger partial charge in [0.15, 0.2) is 0 Å². The molecule has 3 rings (SSSR count). The summed E-state index contributed by atoms with van der Waals surface area (Å²) in [4.78, 5) is 27.5. The Hall–Kier alpha value is -2.36.